The van der Waals surface area contributed by atoms with E-state index in [0.717, 1.165) is 11.3 Å². The lowest BCUT2D eigenvalue weighted by Gasteiger charge is -2.08. The molecule has 0 saturated carbocycles. The van der Waals surface area contributed by atoms with Crippen molar-refractivity contribution < 1.29 is 4.79 Å². The summed E-state index contributed by atoms with van der Waals surface area (Å²) in [6.07, 6.45) is 8.14. The minimum atomic E-state index is -0.176. The summed E-state index contributed by atoms with van der Waals surface area (Å²) in [7, 11) is 0. The molecule has 0 atom stereocenters. The Balaban J connectivity index is 1.42. The predicted octanol–water partition coefficient (Wildman–Crippen LogP) is 1.78. The molecule has 0 bridgehead atoms. The molecule has 4 rings (SSSR count). The largest absolute Gasteiger partial charge is 0.348 e. The van der Waals surface area contributed by atoms with Crippen LogP contribution in [0.1, 0.15) is 15.9 Å². The highest BCUT2D eigenvalue weighted by molar-refractivity contribution is 5.94. The van der Waals surface area contributed by atoms with Crippen LogP contribution in [0.5, 0.6) is 0 Å². The van der Waals surface area contributed by atoms with Gasteiger partial charge in [-0.2, -0.15) is 10.2 Å². The molecule has 1 aromatic carbocycles. The zero-order valence-electron chi connectivity index (χ0n) is 13.7. The van der Waals surface area contributed by atoms with Crippen LogP contribution in [-0.4, -0.2) is 35.4 Å². The van der Waals surface area contributed by atoms with Gasteiger partial charge in [-0.3, -0.25) is 4.79 Å². The summed E-state index contributed by atoms with van der Waals surface area (Å²) < 4.78 is 3.29. The zero-order chi connectivity index (χ0) is 17.8. The van der Waals surface area contributed by atoms with Crippen LogP contribution < -0.4 is 5.32 Å². The SMILES string of the molecule is O=C(NCc1ccc(-n2cccn2)cc1)c1ccnc(-n2cncn2)c1. The maximum Gasteiger partial charge on any atom is 0.251 e. The maximum atomic E-state index is 12.4. The molecule has 0 saturated heterocycles. The maximum absolute atomic E-state index is 12.4. The number of carbonyl (C=O) groups is 1. The van der Waals surface area contributed by atoms with Gasteiger partial charge in [0.25, 0.3) is 5.91 Å². The van der Waals surface area contributed by atoms with Crippen molar-refractivity contribution in [3.05, 3.63) is 84.8 Å². The molecule has 0 radical (unpaired) electrons. The van der Waals surface area contributed by atoms with Gasteiger partial charge in [0.1, 0.15) is 12.7 Å². The number of nitrogens with zero attached hydrogens (tertiary/aromatic N) is 6. The molecule has 8 heteroatoms. The topological polar surface area (TPSA) is 90.5 Å². The minimum absolute atomic E-state index is 0.176. The Morgan fingerprint density at radius 1 is 1.04 bits per heavy atom. The van der Waals surface area contributed by atoms with E-state index in [-0.39, 0.29) is 5.91 Å². The summed E-state index contributed by atoms with van der Waals surface area (Å²) in [4.78, 5) is 20.5. The molecule has 1 N–H and O–H groups in total. The Hall–Kier alpha value is -3.81. The highest BCUT2D eigenvalue weighted by atomic mass is 16.1. The van der Waals surface area contributed by atoms with Gasteiger partial charge in [-0.15, -0.1) is 0 Å². The van der Waals surface area contributed by atoms with E-state index in [2.05, 4.69) is 25.5 Å². The Morgan fingerprint density at radius 3 is 2.65 bits per heavy atom. The summed E-state index contributed by atoms with van der Waals surface area (Å²) in [5.74, 6) is 0.364. The quantitative estimate of drug-likeness (QED) is 0.595. The van der Waals surface area contributed by atoms with Crippen molar-refractivity contribution in [1.29, 1.82) is 0 Å². The van der Waals surface area contributed by atoms with Gasteiger partial charge in [0.2, 0.25) is 0 Å². The lowest BCUT2D eigenvalue weighted by molar-refractivity contribution is 0.0950. The molecule has 26 heavy (non-hydrogen) atoms. The van der Waals surface area contributed by atoms with Crippen LogP contribution in [0.4, 0.5) is 0 Å². The van der Waals surface area contributed by atoms with E-state index in [1.807, 2.05) is 36.5 Å². The Kier molecular flexibility index (Phi) is 4.21. The minimum Gasteiger partial charge on any atom is -0.348 e. The van der Waals surface area contributed by atoms with E-state index in [1.165, 1.54) is 17.3 Å². The first kappa shape index (κ1) is 15.7. The van der Waals surface area contributed by atoms with Gasteiger partial charge in [-0.1, -0.05) is 12.1 Å². The summed E-state index contributed by atoms with van der Waals surface area (Å²) in [5, 5.41) is 11.1. The van der Waals surface area contributed by atoms with E-state index in [1.54, 1.807) is 29.2 Å². The molecule has 128 valence electrons. The second-order valence-electron chi connectivity index (χ2n) is 5.54. The van der Waals surface area contributed by atoms with E-state index < -0.39 is 0 Å². The van der Waals surface area contributed by atoms with Gasteiger partial charge in [-0.05, 0) is 35.9 Å². The van der Waals surface area contributed by atoms with Crippen molar-refractivity contribution >= 4 is 5.91 Å². The zero-order valence-corrected chi connectivity index (χ0v) is 13.7. The van der Waals surface area contributed by atoms with Gasteiger partial charge in [-0.25, -0.2) is 19.3 Å². The van der Waals surface area contributed by atoms with Crippen LogP contribution in [0.15, 0.2) is 73.7 Å². The lowest BCUT2D eigenvalue weighted by atomic mass is 10.2. The van der Waals surface area contributed by atoms with Crippen molar-refractivity contribution in [2.24, 2.45) is 0 Å². The number of amides is 1. The number of benzene rings is 1. The molecule has 0 spiro atoms. The van der Waals surface area contributed by atoms with E-state index in [0.29, 0.717) is 17.9 Å². The van der Waals surface area contributed by atoms with Gasteiger partial charge in [0.15, 0.2) is 5.82 Å². The Morgan fingerprint density at radius 2 is 1.92 bits per heavy atom. The number of hydrogen-bond donors (Lipinski definition) is 1. The second-order valence-corrected chi connectivity index (χ2v) is 5.54. The monoisotopic (exact) mass is 345 g/mol. The summed E-state index contributed by atoms with van der Waals surface area (Å²) in [6.45, 7) is 0.430. The number of carbonyl (C=O) groups excluding carboxylic acids is 1. The van der Waals surface area contributed by atoms with Crippen molar-refractivity contribution in [1.82, 2.24) is 34.8 Å². The molecule has 8 nitrogen and oxygen atoms in total. The number of pyridine rings is 1. The molecule has 1 amide bonds. The molecule has 0 aliphatic rings. The molecule has 4 aromatic rings. The normalized spacial score (nSPS) is 10.6. The van der Waals surface area contributed by atoms with Gasteiger partial charge in [0.05, 0.1) is 5.69 Å². The van der Waals surface area contributed by atoms with Gasteiger partial charge >= 0.3 is 0 Å². The van der Waals surface area contributed by atoms with Crippen LogP contribution in [0.3, 0.4) is 0 Å². The molecule has 3 aromatic heterocycles. The third-order valence-corrected chi connectivity index (χ3v) is 3.82. The first-order chi connectivity index (χ1) is 12.8. The van der Waals surface area contributed by atoms with Crippen LogP contribution in [0.25, 0.3) is 11.5 Å². The fourth-order valence-corrected chi connectivity index (χ4v) is 2.48. The number of nitrogens with one attached hydrogen (secondary N) is 1. The molecule has 0 fully saturated rings. The third-order valence-electron chi connectivity index (χ3n) is 3.82. The van der Waals surface area contributed by atoms with Crippen molar-refractivity contribution in [3.8, 4) is 11.5 Å². The van der Waals surface area contributed by atoms with Crippen LogP contribution in [-0.2, 0) is 6.54 Å². The molecular formula is C18H15N7O. The predicted molar refractivity (Wildman–Crippen MR) is 93.9 cm³/mol. The van der Waals surface area contributed by atoms with E-state index >= 15 is 0 Å². The fraction of sp³-hybridized carbons (Fsp3) is 0.0556. The van der Waals surface area contributed by atoms with Crippen LogP contribution in [0.2, 0.25) is 0 Å². The average molecular weight is 345 g/mol. The third kappa shape index (κ3) is 3.34. The molecule has 3 heterocycles. The molecule has 0 aliphatic carbocycles. The Labute approximate surface area is 149 Å². The van der Waals surface area contributed by atoms with Crippen molar-refractivity contribution in [2.75, 3.05) is 0 Å². The first-order valence-corrected chi connectivity index (χ1v) is 7.98. The summed E-state index contributed by atoms with van der Waals surface area (Å²) in [5.41, 5.74) is 2.48. The molecule has 0 aliphatic heterocycles. The number of rotatable bonds is 5. The van der Waals surface area contributed by atoms with Crippen LogP contribution in [0, 0.1) is 0 Å². The highest BCUT2D eigenvalue weighted by Gasteiger charge is 2.08. The fourth-order valence-electron chi connectivity index (χ4n) is 2.48. The van der Waals surface area contributed by atoms with Gasteiger partial charge < -0.3 is 5.32 Å². The van der Waals surface area contributed by atoms with Crippen LogP contribution >= 0.6 is 0 Å². The molecular weight excluding hydrogens is 330 g/mol. The lowest BCUT2D eigenvalue weighted by Crippen LogP contribution is -2.23. The smallest absolute Gasteiger partial charge is 0.251 e. The van der Waals surface area contributed by atoms with E-state index in [4.69, 9.17) is 0 Å². The molecule has 0 unspecified atom stereocenters. The van der Waals surface area contributed by atoms with Crippen molar-refractivity contribution in [2.45, 2.75) is 6.54 Å². The highest BCUT2D eigenvalue weighted by Crippen LogP contribution is 2.09. The standard InChI is InChI=1S/C18H15N7O/c26-18(15-6-8-20-17(10-15)25-13-19-12-23-25)21-11-14-2-4-16(5-3-14)24-9-1-7-22-24/h1-10,12-13H,11H2,(H,21,26). The Bertz CT molecular complexity index is 992. The van der Waals surface area contributed by atoms with Crippen molar-refractivity contribution in [3.63, 3.8) is 0 Å². The number of hydrogen-bond acceptors (Lipinski definition) is 5. The average Bonchev–Trinajstić information content (AvgIpc) is 3.40. The first-order valence-electron chi connectivity index (χ1n) is 7.98. The van der Waals surface area contributed by atoms with E-state index in [9.17, 15) is 4.79 Å². The second kappa shape index (κ2) is 6.98. The van der Waals surface area contributed by atoms with Gasteiger partial charge in [0, 0.05) is 30.7 Å². The summed E-state index contributed by atoms with van der Waals surface area (Å²) in [6, 6.07) is 13.1. The number of aromatic nitrogens is 6. The summed E-state index contributed by atoms with van der Waals surface area (Å²) >= 11 is 0.